The van der Waals surface area contributed by atoms with Gasteiger partial charge in [-0.25, -0.2) is 0 Å². The van der Waals surface area contributed by atoms with Crippen LogP contribution in [0.1, 0.15) is 0 Å². The van der Waals surface area contributed by atoms with Crippen molar-refractivity contribution in [2.24, 2.45) is 0 Å². The third-order valence-corrected chi connectivity index (χ3v) is 2.65. The molecule has 0 fully saturated rings. The smallest absolute Gasteiger partial charge is 0.234 e. The zero-order chi connectivity index (χ0) is 8.55. The Bertz CT molecular complexity index is 299. The van der Waals surface area contributed by atoms with Crippen molar-refractivity contribution in [1.29, 1.82) is 0 Å². The zero-order valence-electron chi connectivity index (χ0n) is 5.98. The quantitative estimate of drug-likeness (QED) is 0.493. The van der Waals surface area contributed by atoms with E-state index in [1.54, 1.807) is 6.08 Å². The van der Waals surface area contributed by atoms with E-state index in [2.05, 4.69) is 16.2 Å². The van der Waals surface area contributed by atoms with Gasteiger partial charge in [-0.1, -0.05) is 23.4 Å². The maximum Gasteiger partial charge on any atom is 0.234 e. The molecule has 1 amide bonds. The lowest BCUT2D eigenvalue weighted by Gasteiger charge is -2.23. The number of hydrazine groups is 1. The first-order valence-electron chi connectivity index (χ1n) is 3.32. The van der Waals surface area contributed by atoms with Crippen molar-refractivity contribution in [3.05, 3.63) is 22.0 Å². The summed E-state index contributed by atoms with van der Waals surface area (Å²) in [5.74, 6) is 0.446. The predicted molar refractivity (Wildman–Crippen MR) is 47.8 cm³/mol. The minimum Gasteiger partial charge on any atom is -0.323 e. The molecule has 0 radical (unpaired) electrons. The van der Waals surface area contributed by atoms with Gasteiger partial charge in [0.05, 0.1) is 11.4 Å². The lowest BCUT2D eigenvalue weighted by Crippen LogP contribution is -2.39. The van der Waals surface area contributed by atoms with Gasteiger partial charge in [0.1, 0.15) is 10.2 Å². The van der Waals surface area contributed by atoms with Crippen LogP contribution in [-0.4, -0.2) is 11.7 Å². The molecule has 0 saturated heterocycles. The van der Waals surface area contributed by atoms with Crippen molar-refractivity contribution in [2.45, 2.75) is 0 Å². The molecule has 64 valence electrons. The fourth-order valence-corrected chi connectivity index (χ4v) is 1.84. The van der Waals surface area contributed by atoms with Gasteiger partial charge in [-0.15, -0.1) is 0 Å². The van der Waals surface area contributed by atoms with E-state index >= 15 is 0 Å². The van der Waals surface area contributed by atoms with Gasteiger partial charge >= 0.3 is 0 Å². The molecule has 0 aromatic rings. The highest BCUT2D eigenvalue weighted by Crippen LogP contribution is 2.23. The Morgan fingerprint density at radius 2 is 2.33 bits per heavy atom. The van der Waals surface area contributed by atoms with Crippen LogP contribution in [-0.2, 0) is 4.79 Å². The summed E-state index contributed by atoms with van der Waals surface area (Å²) >= 11 is 7.13. The minimum absolute atomic E-state index is 0.00293. The number of rotatable bonds is 0. The molecule has 0 aliphatic carbocycles. The zero-order valence-corrected chi connectivity index (χ0v) is 7.55. The van der Waals surface area contributed by atoms with Crippen molar-refractivity contribution < 1.29 is 4.79 Å². The Kier molecular flexibility index (Phi) is 1.90. The molecule has 0 aromatic carbocycles. The Balaban J connectivity index is 2.28. The van der Waals surface area contributed by atoms with E-state index in [9.17, 15) is 4.79 Å². The summed E-state index contributed by atoms with van der Waals surface area (Å²) in [5, 5.41) is 4.08. The average molecular weight is 204 g/mol. The predicted octanol–water partition coefficient (Wildman–Crippen LogP) is 0.207. The van der Waals surface area contributed by atoms with Crippen LogP contribution in [0.25, 0.3) is 0 Å². The van der Waals surface area contributed by atoms with E-state index in [4.69, 9.17) is 11.6 Å². The number of allylic oxidation sites excluding steroid dienone is 1. The first kappa shape index (κ1) is 7.82. The number of nitrogens with one attached hydrogen (secondary N) is 3. The number of thioether (sulfide) groups is 1. The van der Waals surface area contributed by atoms with Gasteiger partial charge in [-0.3, -0.25) is 15.6 Å². The monoisotopic (exact) mass is 203 g/mol. The van der Waals surface area contributed by atoms with E-state index in [1.807, 2.05) is 0 Å². The van der Waals surface area contributed by atoms with Gasteiger partial charge in [0.2, 0.25) is 5.91 Å². The fraction of sp³-hybridized carbons (Fsp3) is 0.167. The van der Waals surface area contributed by atoms with Crippen LogP contribution in [0.15, 0.2) is 22.0 Å². The molecule has 2 aliphatic rings. The van der Waals surface area contributed by atoms with Gasteiger partial charge in [0.25, 0.3) is 0 Å². The van der Waals surface area contributed by atoms with E-state index in [-0.39, 0.29) is 5.91 Å². The lowest BCUT2D eigenvalue weighted by molar-refractivity contribution is -0.117. The van der Waals surface area contributed by atoms with E-state index in [0.717, 1.165) is 10.7 Å². The number of halogens is 1. The second kappa shape index (κ2) is 2.91. The Labute approximate surface area is 78.4 Å². The van der Waals surface area contributed by atoms with Crippen molar-refractivity contribution in [1.82, 2.24) is 16.2 Å². The fourth-order valence-electron chi connectivity index (χ4n) is 0.943. The molecular formula is C6H6ClN3OS. The number of hydrogen-bond donors (Lipinski definition) is 3. The lowest BCUT2D eigenvalue weighted by atomic mass is 10.4. The highest BCUT2D eigenvalue weighted by atomic mass is 35.5. The number of carbonyl (C=O) groups is 1. The molecule has 6 heteroatoms. The van der Waals surface area contributed by atoms with Crippen molar-refractivity contribution in [2.75, 3.05) is 5.75 Å². The van der Waals surface area contributed by atoms with Crippen LogP contribution in [0, 0.1) is 0 Å². The molecule has 0 saturated carbocycles. The first-order chi connectivity index (χ1) is 5.75. The average Bonchev–Trinajstić information content (AvgIpc) is 2.03. The molecule has 2 rings (SSSR count). The molecule has 12 heavy (non-hydrogen) atoms. The SMILES string of the molecule is O=C1CSC2=C(C=C(Cl)NN2)N1. The van der Waals surface area contributed by atoms with Crippen molar-refractivity contribution in [3.8, 4) is 0 Å². The van der Waals surface area contributed by atoms with Crippen LogP contribution >= 0.6 is 23.4 Å². The number of amides is 1. The molecule has 2 heterocycles. The molecule has 0 atom stereocenters. The van der Waals surface area contributed by atoms with E-state index in [0.29, 0.717) is 10.9 Å². The highest BCUT2D eigenvalue weighted by molar-refractivity contribution is 8.03. The topological polar surface area (TPSA) is 53.2 Å². The summed E-state index contributed by atoms with van der Waals surface area (Å²) in [5.41, 5.74) is 6.35. The third-order valence-electron chi connectivity index (χ3n) is 1.43. The van der Waals surface area contributed by atoms with Gasteiger partial charge in [-0.2, -0.15) is 0 Å². The second-order valence-electron chi connectivity index (χ2n) is 2.32. The Morgan fingerprint density at radius 1 is 1.50 bits per heavy atom. The Hall–Kier alpha value is -0.810. The minimum atomic E-state index is 0.00293. The molecule has 0 spiro atoms. The van der Waals surface area contributed by atoms with Crippen LogP contribution in [0.2, 0.25) is 0 Å². The van der Waals surface area contributed by atoms with Crippen molar-refractivity contribution >= 4 is 29.3 Å². The van der Waals surface area contributed by atoms with Gasteiger partial charge < -0.3 is 5.32 Å². The van der Waals surface area contributed by atoms with Crippen LogP contribution in [0.4, 0.5) is 0 Å². The third kappa shape index (κ3) is 1.37. The summed E-state index contributed by atoms with van der Waals surface area (Å²) < 4.78 is 0. The largest absolute Gasteiger partial charge is 0.323 e. The van der Waals surface area contributed by atoms with Gasteiger partial charge in [-0.05, 0) is 0 Å². The maximum atomic E-state index is 10.9. The highest BCUT2D eigenvalue weighted by Gasteiger charge is 2.19. The molecule has 0 bridgehead atoms. The number of carbonyl (C=O) groups excluding carboxylic acids is 1. The first-order valence-corrected chi connectivity index (χ1v) is 4.68. The number of hydrogen-bond acceptors (Lipinski definition) is 4. The van der Waals surface area contributed by atoms with Crippen LogP contribution in [0.5, 0.6) is 0 Å². The molecule has 0 unspecified atom stereocenters. The molecular weight excluding hydrogens is 198 g/mol. The summed E-state index contributed by atoms with van der Waals surface area (Å²) in [4.78, 5) is 10.9. The molecule has 3 N–H and O–H groups in total. The normalized spacial score (nSPS) is 21.8. The van der Waals surface area contributed by atoms with E-state index in [1.165, 1.54) is 11.8 Å². The van der Waals surface area contributed by atoms with Gasteiger partial charge in [0.15, 0.2) is 0 Å². The molecule has 2 aliphatic heterocycles. The summed E-state index contributed by atoms with van der Waals surface area (Å²) in [6.07, 6.45) is 1.68. The van der Waals surface area contributed by atoms with Gasteiger partial charge in [0, 0.05) is 6.08 Å². The molecule has 0 aromatic heterocycles. The van der Waals surface area contributed by atoms with Crippen molar-refractivity contribution in [3.63, 3.8) is 0 Å². The van der Waals surface area contributed by atoms with E-state index < -0.39 is 0 Å². The summed E-state index contributed by atoms with van der Waals surface area (Å²) in [6.45, 7) is 0. The van der Waals surface area contributed by atoms with Crippen LogP contribution < -0.4 is 16.2 Å². The van der Waals surface area contributed by atoms with Crippen LogP contribution in [0.3, 0.4) is 0 Å². The second-order valence-corrected chi connectivity index (χ2v) is 3.71. The standard InChI is InChI=1S/C6H6ClN3OS/c7-4-1-3-6(10-9-4)12-2-5(11)8-3/h1,9-10H,2H2,(H,8,11). The summed E-state index contributed by atoms with van der Waals surface area (Å²) in [7, 11) is 0. The maximum absolute atomic E-state index is 10.9. The Morgan fingerprint density at radius 3 is 3.17 bits per heavy atom. The summed E-state index contributed by atoms with van der Waals surface area (Å²) in [6, 6.07) is 0. The molecule has 4 nitrogen and oxygen atoms in total.